The first-order valence-electron chi connectivity index (χ1n) is 5.95. The molecule has 0 saturated heterocycles. The van der Waals surface area contributed by atoms with Gasteiger partial charge in [-0.2, -0.15) is 0 Å². The lowest BCUT2D eigenvalue weighted by Crippen LogP contribution is -2.44. The molecule has 1 fully saturated rings. The molecule has 17 heavy (non-hydrogen) atoms. The maximum atomic E-state index is 11.8. The van der Waals surface area contributed by atoms with Gasteiger partial charge in [-0.3, -0.25) is 9.59 Å². The highest BCUT2D eigenvalue weighted by atomic mass is 16.5. The molecule has 1 N–H and O–H groups in total. The number of carbonyl (C=O) groups excluding carboxylic acids is 2. The fourth-order valence-corrected chi connectivity index (χ4v) is 2.02. The van der Waals surface area contributed by atoms with E-state index in [0.717, 1.165) is 0 Å². The van der Waals surface area contributed by atoms with Gasteiger partial charge < -0.3 is 14.6 Å². The Kier molecular flexibility index (Phi) is 4.14. The second kappa shape index (κ2) is 5.04. The molecule has 0 aromatic rings. The van der Waals surface area contributed by atoms with Crippen molar-refractivity contribution >= 4 is 11.9 Å². The third kappa shape index (κ3) is 2.77. The lowest BCUT2D eigenvalue weighted by molar-refractivity contribution is -0.166. The summed E-state index contributed by atoms with van der Waals surface area (Å²) in [5, 5.41) is 10.3. The van der Waals surface area contributed by atoms with Crippen LogP contribution in [-0.2, 0) is 19.1 Å². The molecule has 0 bridgehead atoms. The van der Waals surface area contributed by atoms with E-state index >= 15 is 0 Å². The summed E-state index contributed by atoms with van der Waals surface area (Å²) in [4.78, 5) is 23.2. The molecule has 0 amide bonds. The number of aliphatic hydroxyl groups is 1. The van der Waals surface area contributed by atoms with Crippen molar-refractivity contribution in [3.8, 4) is 0 Å². The molecule has 0 spiro atoms. The molecule has 1 atom stereocenters. The molecule has 5 heteroatoms. The molecule has 0 aromatic carbocycles. The summed E-state index contributed by atoms with van der Waals surface area (Å²) >= 11 is 0. The summed E-state index contributed by atoms with van der Waals surface area (Å²) in [5.74, 6) is -0.914. The predicted molar refractivity (Wildman–Crippen MR) is 60.2 cm³/mol. The molecule has 1 aliphatic carbocycles. The van der Waals surface area contributed by atoms with E-state index in [-0.39, 0.29) is 19.6 Å². The van der Waals surface area contributed by atoms with Crippen LogP contribution < -0.4 is 0 Å². The summed E-state index contributed by atoms with van der Waals surface area (Å²) in [7, 11) is 0. The van der Waals surface area contributed by atoms with Crippen LogP contribution in [0.2, 0.25) is 0 Å². The van der Waals surface area contributed by atoms with Crippen LogP contribution in [0.15, 0.2) is 0 Å². The Bertz CT molecular complexity index is 304. The van der Waals surface area contributed by atoms with Crippen LogP contribution in [0.5, 0.6) is 0 Å². The fourth-order valence-electron chi connectivity index (χ4n) is 2.02. The van der Waals surface area contributed by atoms with Crippen molar-refractivity contribution < 1.29 is 24.2 Å². The standard InChI is InChI=1S/C12H20O5/c1-4-16-9(13)8-11(3,15)12(6-7-12)10(14)17-5-2/h15H,4-8H2,1-3H3. The third-order valence-electron chi connectivity index (χ3n) is 3.24. The second-order valence-corrected chi connectivity index (χ2v) is 4.56. The monoisotopic (exact) mass is 244 g/mol. The number of carbonyl (C=O) groups is 2. The van der Waals surface area contributed by atoms with Gasteiger partial charge in [0.15, 0.2) is 0 Å². The first-order valence-corrected chi connectivity index (χ1v) is 5.95. The van der Waals surface area contributed by atoms with Crippen molar-refractivity contribution in [2.24, 2.45) is 5.41 Å². The van der Waals surface area contributed by atoms with Crippen LogP contribution in [0.1, 0.15) is 40.0 Å². The van der Waals surface area contributed by atoms with Gasteiger partial charge in [0.2, 0.25) is 0 Å². The normalized spacial score (nSPS) is 20.2. The summed E-state index contributed by atoms with van der Waals surface area (Å²) in [6.45, 7) is 5.45. The fraction of sp³-hybridized carbons (Fsp3) is 0.833. The van der Waals surface area contributed by atoms with E-state index in [9.17, 15) is 14.7 Å². The first kappa shape index (κ1) is 14.0. The maximum absolute atomic E-state index is 11.8. The minimum absolute atomic E-state index is 0.181. The average Bonchev–Trinajstić information content (AvgIpc) is 2.97. The minimum atomic E-state index is -1.40. The lowest BCUT2D eigenvalue weighted by atomic mass is 9.83. The Morgan fingerprint density at radius 1 is 1.24 bits per heavy atom. The third-order valence-corrected chi connectivity index (χ3v) is 3.24. The SMILES string of the molecule is CCOC(=O)CC(C)(O)C1(C(=O)OCC)CC1. The molecular formula is C12H20O5. The second-order valence-electron chi connectivity index (χ2n) is 4.56. The van der Waals surface area contributed by atoms with Gasteiger partial charge in [0.1, 0.15) is 0 Å². The zero-order valence-corrected chi connectivity index (χ0v) is 10.6. The van der Waals surface area contributed by atoms with E-state index in [2.05, 4.69) is 0 Å². The zero-order chi connectivity index (χ0) is 13.1. The molecule has 0 radical (unpaired) electrons. The average molecular weight is 244 g/mol. The van der Waals surface area contributed by atoms with Crippen molar-refractivity contribution in [1.29, 1.82) is 0 Å². The van der Waals surface area contributed by atoms with Crippen molar-refractivity contribution in [2.45, 2.75) is 45.6 Å². The van der Waals surface area contributed by atoms with Crippen LogP contribution in [0.4, 0.5) is 0 Å². The Hall–Kier alpha value is -1.10. The van der Waals surface area contributed by atoms with Gasteiger partial charge in [0, 0.05) is 0 Å². The highest BCUT2D eigenvalue weighted by Crippen LogP contribution is 2.56. The van der Waals surface area contributed by atoms with E-state index in [1.807, 2.05) is 0 Å². The van der Waals surface area contributed by atoms with Crippen molar-refractivity contribution in [1.82, 2.24) is 0 Å². The Morgan fingerprint density at radius 3 is 2.18 bits per heavy atom. The molecule has 1 saturated carbocycles. The van der Waals surface area contributed by atoms with E-state index in [4.69, 9.17) is 9.47 Å². The van der Waals surface area contributed by atoms with Crippen LogP contribution in [0.3, 0.4) is 0 Å². The van der Waals surface area contributed by atoms with E-state index in [0.29, 0.717) is 12.8 Å². The number of ether oxygens (including phenoxy) is 2. The maximum Gasteiger partial charge on any atom is 0.315 e. The van der Waals surface area contributed by atoms with Crippen LogP contribution in [0.25, 0.3) is 0 Å². The van der Waals surface area contributed by atoms with E-state index < -0.39 is 23.0 Å². The highest BCUT2D eigenvalue weighted by Gasteiger charge is 2.63. The number of hydrogen-bond donors (Lipinski definition) is 1. The molecule has 0 aliphatic heterocycles. The van der Waals surface area contributed by atoms with E-state index in [1.165, 1.54) is 6.92 Å². The lowest BCUT2D eigenvalue weighted by Gasteiger charge is -2.30. The van der Waals surface area contributed by atoms with Crippen molar-refractivity contribution in [3.05, 3.63) is 0 Å². The zero-order valence-electron chi connectivity index (χ0n) is 10.6. The molecule has 5 nitrogen and oxygen atoms in total. The molecule has 0 aromatic heterocycles. The molecule has 98 valence electrons. The molecule has 1 rings (SSSR count). The van der Waals surface area contributed by atoms with Crippen molar-refractivity contribution in [2.75, 3.05) is 13.2 Å². The van der Waals surface area contributed by atoms with Gasteiger partial charge in [-0.15, -0.1) is 0 Å². The Morgan fingerprint density at radius 2 is 1.76 bits per heavy atom. The van der Waals surface area contributed by atoms with Crippen LogP contribution in [0, 0.1) is 5.41 Å². The number of hydrogen-bond acceptors (Lipinski definition) is 5. The molecular weight excluding hydrogens is 224 g/mol. The largest absolute Gasteiger partial charge is 0.466 e. The number of esters is 2. The van der Waals surface area contributed by atoms with E-state index in [1.54, 1.807) is 13.8 Å². The smallest absolute Gasteiger partial charge is 0.315 e. The summed E-state index contributed by atoms with van der Waals surface area (Å²) in [5.41, 5.74) is -2.32. The van der Waals surface area contributed by atoms with Crippen LogP contribution in [-0.4, -0.2) is 35.9 Å². The van der Waals surface area contributed by atoms with Gasteiger partial charge in [-0.1, -0.05) is 0 Å². The molecule has 1 aliphatic rings. The van der Waals surface area contributed by atoms with Crippen molar-refractivity contribution in [3.63, 3.8) is 0 Å². The van der Waals surface area contributed by atoms with Gasteiger partial charge in [-0.25, -0.2) is 0 Å². The first-order chi connectivity index (χ1) is 7.89. The Balaban J connectivity index is 2.69. The van der Waals surface area contributed by atoms with Gasteiger partial charge in [0.25, 0.3) is 0 Å². The molecule has 0 heterocycles. The van der Waals surface area contributed by atoms with Gasteiger partial charge in [0.05, 0.1) is 30.7 Å². The van der Waals surface area contributed by atoms with Gasteiger partial charge >= 0.3 is 11.9 Å². The molecule has 1 unspecified atom stereocenters. The summed E-state index contributed by atoms with van der Waals surface area (Å²) in [6, 6.07) is 0. The minimum Gasteiger partial charge on any atom is -0.466 e. The topological polar surface area (TPSA) is 72.8 Å². The summed E-state index contributed by atoms with van der Waals surface area (Å²) in [6.07, 6.45) is 0.927. The summed E-state index contributed by atoms with van der Waals surface area (Å²) < 4.78 is 9.74. The highest BCUT2D eigenvalue weighted by molar-refractivity contribution is 5.83. The Labute approximate surface area is 101 Å². The van der Waals surface area contributed by atoms with Crippen LogP contribution >= 0.6 is 0 Å². The quantitative estimate of drug-likeness (QED) is 0.706. The predicted octanol–water partition coefficient (Wildman–Crippen LogP) is 1.03. The van der Waals surface area contributed by atoms with Gasteiger partial charge in [-0.05, 0) is 33.6 Å². The number of rotatable bonds is 6.